The van der Waals surface area contributed by atoms with E-state index in [-0.39, 0.29) is 11.8 Å². The first kappa shape index (κ1) is 44.7. The second-order valence-corrected chi connectivity index (χ2v) is 15.3. The van der Waals surface area contributed by atoms with Crippen LogP contribution in [0.3, 0.4) is 0 Å². The van der Waals surface area contributed by atoms with Gasteiger partial charge in [0.2, 0.25) is 35.7 Å². The van der Waals surface area contributed by atoms with Crippen molar-refractivity contribution >= 4 is 41.4 Å². The van der Waals surface area contributed by atoms with Crippen LogP contribution in [0.5, 0.6) is 17.2 Å². The van der Waals surface area contributed by atoms with E-state index in [9.17, 15) is 5.11 Å². The highest BCUT2D eigenvalue weighted by Crippen LogP contribution is 2.27. The highest BCUT2D eigenvalue weighted by Gasteiger charge is 2.32. The Bertz CT molecular complexity index is 2330. The molecule has 0 radical (unpaired) electrons. The van der Waals surface area contributed by atoms with Gasteiger partial charge in [0.15, 0.2) is 0 Å². The Morgan fingerprint density at radius 3 is 1.85 bits per heavy atom. The molecule has 6 aromatic rings. The number of hydrogen-bond donors (Lipinski definition) is 5. The maximum absolute atomic E-state index is 9.77. The Morgan fingerprint density at radius 2 is 1.17 bits per heavy atom. The number of nitrogens with one attached hydrogen (secondary N) is 4. The summed E-state index contributed by atoms with van der Waals surface area (Å²) in [5.74, 6) is 4.48. The third-order valence-corrected chi connectivity index (χ3v) is 10.5. The van der Waals surface area contributed by atoms with Gasteiger partial charge in [-0.3, -0.25) is 0 Å². The summed E-state index contributed by atoms with van der Waals surface area (Å²) in [6.07, 6.45) is 1.42. The quantitative estimate of drug-likeness (QED) is 0.103. The molecule has 65 heavy (non-hydrogen) atoms. The van der Waals surface area contributed by atoms with E-state index in [0.717, 1.165) is 17.0 Å². The first-order chi connectivity index (χ1) is 32.1. The summed E-state index contributed by atoms with van der Waals surface area (Å²) in [5, 5.41) is 23.3. The van der Waals surface area contributed by atoms with E-state index in [1.165, 1.54) is 5.56 Å². The lowest BCUT2D eigenvalue weighted by atomic mass is 10.0. The third-order valence-electron chi connectivity index (χ3n) is 10.5. The lowest BCUT2D eigenvalue weighted by Gasteiger charge is -2.41. The molecule has 1 atom stereocenters. The van der Waals surface area contributed by atoms with Crippen molar-refractivity contribution in [3.05, 3.63) is 120 Å². The summed E-state index contributed by atoms with van der Waals surface area (Å²) in [7, 11) is 0. The van der Waals surface area contributed by atoms with E-state index < -0.39 is 0 Å². The molecular weight excluding hydrogens is 829 g/mol. The Morgan fingerprint density at radius 1 is 0.585 bits per heavy atom. The predicted octanol–water partition coefficient (Wildman–Crippen LogP) is 5.79. The van der Waals surface area contributed by atoms with Crippen molar-refractivity contribution in [2.24, 2.45) is 0 Å². The highest BCUT2D eigenvalue weighted by molar-refractivity contribution is 5.58. The SMILES string of the molecule is Oc1ccc(CCNc2nc3nc(n2)N2CCN(CC2Cc2ccccc2)c2nc(nc(Nc4ccc(Oc5ccccc5)cc4)n2)NCCOCCOCCOCCOCCN3)cc1. The molecule has 18 nitrogen and oxygen atoms in total. The number of hydrogen-bond acceptors (Lipinski definition) is 18. The fourth-order valence-corrected chi connectivity index (χ4v) is 7.23. The highest BCUT2D eigenvalue weighted by atomic mass is 16.6. The number of anilines is 7. The number of rotatable bonds is 10. The smallest absolute Gasteiger partial charge is 0.233 e. The number of benzene rings is 4. The zero-order valence-electron chi connectivity index (χ0n) is 36.3. The molecule has 0 spiro atoms. The average molecular weight is 885 g/mol. The molecule has 18 heteroatoms. The molecule has 0 amide bonds. The zero-order valence-corrected chi connectivity index (χ0v) is 36.3. The van der Waals surface area contributed by atoms with Gasteiger partial charge in [0.05, 0.1) is 58.9 Å². The van der Waals surface area contributed by atoms with Crippen molar-refractivity contribution in [3.63, 3.8) is 0 Å². The molecule has 340 valence electrons. The van der Waals surface area contributed by atoms with Gasteiger partial charge in [-0.15, -0.1) is 0 Å². The lowest BCUT2D eigenvalue weighted by molar-refractivity contribution is 0.000284. The second-order valence-electron chi connectivity index (χ2n) is 15.3. The van der Waals surface area contributed by atoms with Crippen LogP contribution < -0.4 is 35.8 Å². The van der Waals surface area contributed by atoms with Gasteiger partial charge in [-0.25, -0.2) is 0 Å². The summed E-state index contributed by atoms with van der Waals surface area (Å²) in [6, 6.07) is 34.9. The van der Waals surface area contributed by atoms with E-state index in [1.54, 1.807) is 12.1 Å². The molecular formula is C47H56N12O6. The molecule has 4 aromatic carbocycles. The molecule has 0 aliphatic carbocycles. The molecule has 2 aromatic heterocycles. The maximum atomic E-state index is 9.77. The monoisotopic (exact) mass is 884 g/mol. The summed E-state index contributed by atoms with van der Waals surface area (Å²) in [6.45, 7) is 6.85. The van der Waals surface area contributed by atoms with Crippen LogP contribution in [0, 0.1) is 0 Å². The fourth-order valence-electron chi connectivity index (χ4n) is 7.23. The van der Waals surface area contributed by atoms with Crippen LogP contribution >= 0.6 is 0 Å². The van der Waals surface area contributed by atoms with Crippen LogP contribution in [0.1, 0.15) is 11.1 Å². The molecule has 3 aliphatic heterocycles. The fraction of sp³-hybridized carbons (Fsp3) is 0.362. The van der Waals surface area contributed by atoms with Crippen LogP contribution in [0.2, 0.25) is 0 Å². The standard InChI is InChI=1S/C47H56N12O6/c60-39-15-11-35(12-16-39)19-20-48-42-52-43-49-21-25-61-27-29-63-31-32-64-30-28-62-26-22-50-44-53-45(51-37-13-17-41(18-14-37)65-40-9-5-2-6-10-40)57-46(54-44)58-23-24-59(47(55-42)56-43)38(34-58)33-36-7-3-1-4-8-36/h1-18,38,60H,19-34H2,(H2,48,49,52,55,56)(H2,50,51,53,54,57). The first-order valence-electron chi connectivity index (χ1n) is 22.1. The Kier molecular flexibility index (Phi) is 16.3. The molecule has 0 saturated carbocycles. The summed E-state index contributed by atoms with van der Waals surface area (Å²) >= 11 is 0. The Hall–Kier alpha value is -6.86. The van der Waals surface area contributed by atoms with Crippen molar-refractivity contribution in [2.75, 3.05) is 123 Å². The number of ether oxygens (including phenoxy) is 5. The average Bonchev–Trinajstić information content (AvgIpc) is 3.33. The second kappa shape index (κ2) is 23.7. The minimum absolute atomic E-state index is 0.0782. The van der Waals surface area contributed by atoms with Crippen molar-refractivity contribution in [1.29, 1.82) is 0 Å². The molecule has 1 unspecified atom stereocenters. The van der Waals surface area contributed by atoms with Gasteiger partial charge in [0, 0.05) is 45.0 Å². The number of aromatic nitrogens is 6. The summed E-state index contributed by atoms with van der Waals surface area (Å²) in [4.78, 5) is 33.8. The summed E-state index contributed by atoms with van der Waals surface area (Å²) in [5.41, 5.74) is 3.04. The zero-order chi connectivity index (χ0) is 44.3. The van der Waals surface area contributed by atoms with E-state index in [0.29, 0.717) is 146 Å². The van der Waals surface area contributed by atoms with Crippen LogP contribution in [0.4, 0.5) is 41.4 Å². The number of para-hydroxylation sites is 1. The molecule has 3 aliphatic rings. The van der Waals surface area contributed by atoms with Crippen LogP contribution in [-0.2, 0) is 31.8 Å². The number of piperazine rings is 1. The predicted molar refractivity (Wildman–Crippen MR) is 250 cm³/mol. The van der Waals surface area contributed by atoms with Crippen molar-refractivity contribution in [2.45, 2.75) is 18.9 Å². The number of aromatic hydroxyl groups is 1. The normalized spacial score (nSPS) is 16.8. The molecule has 5 N–H and O–H groups in total. The van der Waals surface area contributed by atoms with Gasteiger partial charge < -0.3 is 59.9 Å². The van der Waals surface area contributed by atoms with Crippen LogP contribution in [-0.4, -0.2) is 133 Å². The van der Waals surface area contributed by atoms with Gasteiger partial charge in [-0.2, -0.15) is 29.9 Å². The van der Waals surface area contributed by atoms with Gasteiger partial charge in [-0.05, 0) is 72.5 Å². The molecule has 5 heterocycles. The van der Waals surface area contributed by atoms with Crippen molar-refractivity contribution in [3.8, 4) is 17.2 Å². The van der Waals surface area contributed by atoms with Crippen molar-refractivity contribution in [1.82, 2.24) is 29.9 Å². The Labute approximate surface area is 378 Å². The Balaban J connectivity index is 1.06. The third kappa shape index (κ3) is 14.1. The van der Waals surface area contributed by atoms with Crippen molar-refractivity contribution < 1.29 is 28.8 Å². The number of fused-ring (bicyclic) bond motifs is 17. The first-order valence-corrected chi connectivity index (χ1v) is 22.1. The lowest BCUT2D eigenvalue weighted by Crippen LogP contribution is -2.55. The maximum Gasteiger partial charge on any atom is 0.233 e. The van der Waals surface area contributed by atoms with E-state index >= 15 is 0 Å². The number of nitrogens with zero attached hydrogens (tertiary/aromatic N) is 8. The minimum Gasteiger partial charge on any atom is -0.508 e. The topological polar surface area (TPSA) is 198 Å². The van der Waals surface area contributed by atoms with Gasteiger partial charge >= 0.3 is 0 Å². The van der Waals surface area contributed by atoms with E-state index in [2.05, 4.69) is 55.3 Å². The van der Waals surface area contributed by atoms with Crippen LogP contribution in [0.25, 0.3) is 0 Å². The van der Waals surface area contributed by atoms with E-state index in [1.807, 2.05) is 72.8 Å². The molecule has 1 saturated heterocycles. The van der Waals surface area contributed by atoms with Gasteiger partial charge in [0.25, 0.3) is 0 Å². The van der Waals surface area contributed by atoms with Gasteiger partial charge in [-0.1, -0.05) is 60.7 Å². The van der Waals surface area contributed by atoms with Gasteiger partial charge in [0.1, 0.15) is 17.2 Å². The molecule has 9 rings (SSSR count). The number of phenolic OH excluding ortho intramolecular Hbond substituents is 1. The molecule has 6 bridgehead atoms. The molecule has 1 fully saturated rings. The number of phenols is 1. The summed E-state index contributed by atoms with van der Waals surface area (Å²) < 4.78 is 29.1. The largest absolute Gasteiger partial charge is 0.508 e. The van der Waals surface area contributed by atoms with Crippen LogP contribution in [0.15, 0.2) is 109 Å². The minimum atomic E-state index is -0.0782. The van der Waals surface area contributed by atoms with E-state index in [4.69, 9.17) is 53.6 Å².